The van der Waals surface area contributed by atoms with Crippen molar-refractivity contribution in [3.8, 4) is 0 Å². The third-order valence-corrected chi connectivity index (χ3v) is 2.94. The van der Waals surface area contributed by atoms with E-state index in [4.69, 9.17) is 4.52 Å². The Kier molecular flexibility index (Phi) is 3.38. The fraction of sp³-hybridized carbons (Fsp3) is 0.727. The molecule has 84 valence electrons. The Bertz CT molecular complexity index is 311. The zero-order valence-electron chi connectivity index (χ0n) is 9.07. The van der Waals surface area contributed by atoms with Gasteiger partial charge in [-0.2, -0.15) is 0 Å². The zero-order chi connectivity index (χ0) is 10.7. The highest BCUT2D eigenvalue weighted by molar-refractivity contribution is 5.03. The molecule has 1 heterocycles. The van der Waals surface area contributed by atoms with Gasteiger partial charge in [0.2, 0.25) is 0 Å². The maximum Gasteiger partial charge on any atom is 0.150 e. The lowest BCUT2D eigenvalue weighted by Crippen LogP contribution is -2.41. The number of aryl methyl sites for hydroxylation is 1. The Morgan fingerprint density at radius 1 is 1.53 bits per heavy atom. The van der Waals surface area contributed by atoms with Crippen LogP contribution >= 0.6 is 0 Å². The Morgan fingerprint density at radius 3 is 3.00 bits per heavy atom. The molecule has 0 spiro atoms. The van der Waals surface area contributed by atoms with E-state index < -0.39 is 0 Å². The first kappa shape index (κ1) is 10.6. The molecule has 15 heavy (non-hydrogen) atoms. The second kappa shape index (κ2) is 4.77. The predicted octanol–water partition coefficient (Wildman–Crippen LogP) is 1.38. The van der Waals surface area contributed by atoms with Crippen molar-refractivity contribution >= 4 is 0 Å². The molecular formula is C11H18N2O2. The monoisotopic (exact) mass is 210 g/mol. The standard InChI is InChI=1S/C11H18N2O2/c1-8-6-9(15-13-8)7-12-10-4-2-3-5-11(10)14/h6,10-12,14H,2-5,7H2,1H3/t10-,11-/m0/s1. The summed E-state index contributed by atoms with van der Waals surface area (Å²) in [6.07, 6.45) is 4.09. The summed E-state index contributed by atoms with van der Waals surface area (Å²) >= 11 is 0. The van der Waals surface area contributed by atoms with Crippen LogP contribution in [-0.4, -0.2) is 22.4 Å². The minimum atomic E-state index is -0.206. The summed E-state index contributed by atoms with van der Waals surface area (Å²) in [5.41, 5.74) is 0.899. The molecule has 0 aliphatic heterocycles. The maximum absolute atomic E-state index is 9.74. The van der Waals surface area contributed by atoms with Crippen LogP contribution in [0.15, 0.2) is 10.6 Å². The van der Waals surface area contributed by atoms with Crippen LogP contribution in [0.3, 0.4) is 0 Å². The summed E-state index contributed by atoms with van der Waals surface area (Å²) in [5.74, 6) is 0.838. The molecule has 1 aliphatic rings. The van der Waals surface area contributed by atoms with Crippen LogP contribution in [0.1, 0.15) is 37.1 Å². The van der Waals surface area contributed by atoms with Crippen molar-refractivity contribution < 1.29 is 9.63 Å². The molecule has 0 bridgehead atoms. The van der Waals surface area contributed by atoms with Crippen molar-refractivity contribution in [1.29, 1.82) is 0 Å². The molecule has 0 aromatic carbocycles. The SMILES string of the molecule is Cc1cc(CN[C@H]2CCCC[C@@H]2O)on1. The van der Waals surface area contributed by atoms with Crippen LogP contribution in [0, 0.1) is 6.92 Å². The first-order valence-electron chi connectivity index (χ1n) is 5.59. The summed E-state index contributed by atoms with van der Waals surface area (Å²) in [5, 5.41) is 16.9. The van der Waals surface area contributed by atoms with Crippen LogP contribution in [0.4, 0.5) is 0 Å². The summed E-state index contributed by atoms with van der Waals surface area (Å²) in [4.78, 5) is 0. The van der Waals surface area contributed by atoms with Crippen LogP contribution in [-0.2, 0) is 6.54 Å². The van der Waals surface area contributed by atoms with Crippen LogP contribution in [0.2, 0.25) is 0 Å². The van der Waals surface area contributed by atoms with Crippen LogP contribution in [0.25, 0.3) is 0 Å². The van der Waals surface area contributed by atoms with Crippen LogP contribution in [0.5, 0.6) is 0 Å². The summed E-state index contributed by atoms with van der Waals surface area (Å²) in [6.45, 7) is 2.56. The first-order chi connectivity index (χ1) is 7.25. The highest BCUT2D eigenvalue weighted by Crippen LogP contribution is 2.18. The molecule has 1 aromatic heterocycles. The summed E-state index contributed by atoms with van der Waals surface area (Å²) in [7, 11) is 0. The zero-order valence-corrected chi connectivity index (χ0v) is 9.07. The predicted molar refractivity (Wildman–Crippen MR) is 56.3 cm³/mol. The van der Waals surface area contributed by atoms with Crippen LogP contribution < -0.4 is 5.32 Å². The van der Waals surface area contributed by atoms with E-state index in [0.29, 0.717) is 6.54 Å². The molecule has 1 saturated carbocycles. The van der Waals surface area contributed by atoms with Crippen molar-refractivity contribution in [3.63, 3.8) is 0 Å². The number of rotatable bonds is 3. The number of aliphatic hydroxyl groups excluding tert-OH is 1. The van der Waals surface area contributed by atoms with E-state index in [-0.39, 0.29) is 12.1 Å². The highest BCUT2D eigenvalue weighted by Gasteiger charge is 2.22. The third-order valence-electron chi connectivity index (χ3n) is 2.94. The van der Waals surface area contributed by atoms with Gasteiger partial charge in [0.15, 0.2) is 5.76 Å². The number of nitrogens with one attached hydrogen (secondary N) is 1. The van der Waals surface area contributed by atoms with E-state index >= 15 is 0 Å². The van der Waals surface area contributed by atoms with E-state index in [1.165, 1.54) is 6.42 Å². The van der Waals surface area contributed by atoms with Gasteiger partial charge in [0.25, 0.3) is 0 Å². The van der Waals surface area contributed by atoms with Gasteiger partial charge in [0.05, 0.1) is 18.3 Å². The minimum Gasteiger partial charge on any atom is -0.392 e. The minimum absolute atomic E-state index is 0.206. The lowest BCUT2D eigenvalue weighted by Gasteiger charge is -2.28. The molecular weight excluding hydrogens is 192 g/mol. The van der Waals surface area contributed by atoms with Crippen molar-refractivity contribution in [1.82, 2.24) is 10.5 Å². The molecule has 1 fully saturated rings. The molecule has 0 saturated heterocycles. The van der Waals surface area contributed by atoms with Gasteiger partial charge in [-0.15, -0.1) is 0 Å². The van der Waals surface area contributed by atoms with E-state index in [2.05, 4.69) is 10.5 Å². The molecule has 4 nitrogen and oxygen atoms in total. The first-order valence-corrected chi connectivity index (χ1v) is 5.59. The lowest BCUT2D eigenvalue weighted by atomic mass is 9.92. The Labute approximate surface area is 89.7 Å². The molecule has 0 amide bonds. The Hall–Kier alpha value is -0.870. The van der Waals surface area contributed by atoms with Gasteiger partial charge in [0.1, 0.15) is 0 Å². The number of nitrogens with zero attached hydrogens (tertiary/aromatic N) is 1. The van der Waals surface area contributed by atoms with Gasteiger partial charge in [-0.25, -0.2) is 0 Å². The molecule has 1 aromatic rings. The number of aliphatic hydroxyl groups is 1. The highest BCUT2D eigenvalue weighted by atomic mass is 16.5. The quantitative estimate of drug-likeness (QED) is 0.791. The molecule has 2 atom stereocenters. The maximum atomic E-state index is 9.74. The average molecular weight is 210 g/mol. The summed E-state index contributed by atoms with van der Waals surface area (Å²) in [6, 6.07) is 2.13. The summed E-state index contributed by atoms with van der Waals surface area (Å²) < 4.78 is 5.10. The second-order valence-corrected chi connectivity index (χ2v) is 4.27. The second-order valence-electron chi connectivity index (χ2n) is 4.27. The van der Waals surface area contributed by atoms with Gasteiger partial charge in [0, 0.05) is 12.1 Å². The molecule has 1 aliphatic carbocycles. The van der Waals surface area contributed by atoms with Crippen molar-refractivity contribution in [2.24, 2.45) is 0 Å². The number of hydrogen-bond donors (Lipinski definition) is 2. The Morgan fingerprint density at radius 2 is 2.33 bits per heavy atom. The average Bonchev–Trinajstić information content (AvgIpc) is 2.63. The van der Waals surface area contributed by atoms with Crippen molar-refractivity contribution in [2.75, 3.05) is 0 Å². The lowest BCUT2D eigenvalue weighted by molar-refractivity contribution is 0.0889. The van der Waals surface area contributed by atoms with Gasteiger partial charge in [-0.3, -0.25) is 0 Å². The fourth-order valence-electron chi connectivity index (χ4n) is 2.08. The van der Waals surface area contributed by atoms with Gasteiger partial charge in [-0.1, -0.05) is 18.0 Å². The van der Waals surface area contributed by atoms with Gasteiger partial charge < -0.3 is 14.9 Å². The number of aromatic nitrogens is 1. The molecule has 0 unspecified atom stereocenters. The molecule has 2 N–H and O–H groups in total. The van der Waals surface area contributed by atoms with Crippen molar-refractivity contribution in [2.45, 2.75) is 51.3 Å². The molecule has 4 heteroatoms. The molecule has 0 radical (unpaired) electrons. The third kappa shape index (κ3) is 2.79. The van der Waals surface area contributed by atoms with E-state index in [0.717, 1.165) is 30.7 Å². The fourth-order valence-corrected chi connectivity index (χ4v) is 2.08. The largest absolute Gasteiger partial charge is 0.392 e. The van der Waals surface area contributed by atoms with E-state index in [9.17, 15) is 5.11 Å². The molecule has 2 rings (SSSR count). The van der Waals surface area contributed by atoms with E-state index in [1.54, 1.807) is 0 Å². The Balaban J connectivity index is 1.81. The smallest absolute Gasteiger partial charge is 0.150 e. The van der Waals surface area contributed by atoms with Gasteiger partial charge >= 0.3 is 0 Å². The number of hydrogen-bond acceptors (Lipinski definition) is 4. The van der Waals surface area contributed by atoms with Gasteiger partial charge in [-0.05, 0) is 19.8 Å². The van der Waals surface area contributed by atoms with Crippen molar-refractivity contribution in [3.05, 3.63) is 17.5 Å². The topological polar surface area (TPSA) is 58.3 Å². The normalized spacial score (nSPS) is 26.8. The van der Waals surface area contributed by atoms with E-state index in [1.807, 2.05) is 13.0 Å².